The SMILES string of the molecule is O=C(c1nc(-c2ccc([N+](=O)[O-])cc2)n[nH]1)c1cc2c(ccc3ccccc32)o1. The quantitative estimate of drug-likeness (QED) is 0.277. The van der Waals surface area contributed by atoms with Crippen molar-refractivity contribution >= 4 is 33.2 Å². The number of carbonyl (C=O) groups is 1. The Hall–Kier alpha value is -4.33. The first-order chi connectivity index (χ1) is 14.1. The Labute approximate surface area is 162 Å². The van der Waals surface area contributed by atoms with Crippen LogP contribution in [0.2, 0.25) is 0 Å². The third-order valence-corrected chi connectivity index (χ3v) is 4.69. The molecule has 0 aliphatic rings. The number of furan rings is 1. The van der Waals surface area contributed by atoms with E-state index >= 15 is 0 Å². The molecule has 5 aromatic rings. The summed E-state index contributed by atoms with van der Waals surface area (Å²) in [5, 5.41) is 20.3. The third-order valence-electron chi connectivity index (χ3n) is 4.69. The van der Waals surface area contributed by atoms with Crippen LogP contribution in [0.4, 0.5) is 5.69 Å². The van der Waals surface area contributed by atoms with Crippen molar-refractivity contribution in [1.29, 1.82) is 0 Å². The largest absolute Gasteiger partial charge is 0.452 e. The summed E-state index contributed by atoms with van der Waals surface area (Å²) in [6, 6.07) is 19.1. The average molecular weight is 384 g/mol. The summed E-state index contributed by atoms with van der Waals surface area (Å²) in [6.45, 7) is 0. The highest BCUT2D eigenvalue weighted by molar-refractivity contribution is 6.11. The van der Waals surface area contributed by atoms with Crippen LogP contribution in [0.15, 0.2) is 71.1 Å². The second-order valence-electron chi connectivity index (χ2n) is 6.45. The molecule has 2 aromatic heterocycles. The van der Waals surface area contributed by atoms with Gasteiger partial charge in [0, 0.05) is 23.1 Å². The van der Waals surface area contributed by atoms with Crippen molar-refractivity contribution in [2.24, 2.45) is 0 Å². The van der Waals surface area contributed by atoms with Gasteiger partial charge in [0.25, 0.3) is 11.5 Å². The van der Waals surface area contributed by atoms with Gasteiger partial charge in [0.1, 0.15) is 5.58 Å². The van der Waals surface area contributed by atoms with Crippen molar-refractivity contribution < 1.29 is 14.1 Å². The molecular formula is C21H12N4O4. The van der Waals surface area contributed by atoms with E-state index in [-0.39, 0.29) is 23.1 Å². The van der Waals surface area contributed by atoms with Gasteiger partial charge < -0.3 is 4.42 Å². The predicted molar refractivity (Wildman–Crippen MR) is 106 cm³/mol. The summed E-state index contributed by atoms with van der Waals surface area (Å²) in [5.74, 6) is 0.0280. The lowest BCUT2D eigenvalue weighted by molar-refractivity contribution is -0.384. The Morgan fingerprint density at radius 2 is 1.79 bits per heavy atom. The number of hydrogen-bond acceptors (Lipinski definition) is 6. The van der Waals surface area contributed by atoms with E-state index in [2.05, 4.69) is 15.2 Å². The third kappa shape index (κ3) is 2.83. The molecule has 0 saturated heterocycles. The fourth-order valence-corrected chi connectivity index (χ4v) is 3.25. The van der Waals surface area contributed by atoms with Crippen molar-refractivity contribution in [2.45, 2.75) is 0 Å². The van der Waals surface area contributed by atoms with Crippen molar-refractivity contribution in [1.82, 2.24) is 15.2 Å². The Bertz CT molecular complexity index is 1400. The molecular weight excluding hydrogens is 372 g/mol. The van der Waals surface area contributed by atoms with Gasteiger partial charge in [0.15, 0.2) is 11.6 Å². The number of carbonyl (C=O) groups excluding carboxylic acids is 1. The smallest absolute Gasteiger partial charge is 0.269 e. The van der Waals surface area contributed by atoms with Gasteiger partial charge in [-0.2, -0.15) is 5.10 Å². The highest BCUT2D eigenvalue weighted by atomic mass is 16.6. The minimum atomic E-state index is -0.484. The molecule has 3 aromatic carbocycles. The molecule has 1 N–H and O–H groups in total. The summed E-state index contributed by atoms with van der Waals surface area (Å²) in [4.78, 5) is 27.3. The Balaban J connectivity index is 1.49. The molecule has 0 spiro atoms. The van der Waals surface area contributed by atoms with Gasteiger partial charge in [-0.05, 0) is 35.0 Å². The van der Waals surface area contributed by atoms with E-state index in [9.17, 15) is 14.9 Å². The first-order valence-electron chi connectivity index (χ1n) is 8.73. The molecule has 8 heteroatoms. The second kappa shape index (κ2) is 6.38. The lowest BCUT2D eigenvalue weighted by Crippen LogP contribution is -2.02. The van der Waals surface area contributed by atoms with Crippen LogP contribution in [-0.4, -0.2) is 25.9 Å². The molecule has 0 aliphatic carbocycles. The maximum atomic E-state index is 12.8. The summed E-state index contributed by atoms with van der Waals surface area (Å²) >= 11 is 0. The minimum Gasteiger partial charge on any atom is -0.452 e. The van der Waals surface area contributed by atoms with Gasteiger partial charge in [0.05, 0.1) is 4.92 Å². The maximum absolute atomic E-state index is 12.8. The lowest BCUT2D eigenvalue weighted by atomic mass is 10.1. The van der Waals surface area contributed by atoms with Crippen molar-refractivity contribution in [3.05, 3.63) is 88.4 Å². The number of nitro benzene ring substituents is 1. The van der Waals surface area contributed by atoms with E-state index in [0.29, 0.717) is 11.1 Å². The number of aromatic amines is 1. The second-order valence-corrected chi connectivity index (χ2v) is 6.45. The molecule has 2 heterocycles. The highest BCUT2D eigenvalue weighted by Crippen LogP contribution is 2.29. The van der Waals surface area contributed by atoms with E-state index in [1.165, 1.54) is 24.3 Å². The van der Waals surface area contributed by atoms with Gasteiger partial charge in [-0.1, -0.05) is 30.3 Å². The number of nitro groups is 1. The number of nitrogens with one attached hydrogen (secondary N) is 1. The molecule has 0 radical (unpaired) electrons. The van der Waals surface area contributed by atoms with Gasteiger partial charge in [-0.3, -0.25) is 20.0 Å². The number of non-ortho nitro benzene ring substituents is 1. The summed E-state index contributed by atoms with van der Waals surface area (Å²) in [7, 11) is 0. The summed E-state index contributed by atoms with van der Waals surface area (Å²) in [5.41, 5.74) is 1.14. The van der Waals surface area contributed by atoms with Crippen LogP contribution in [0.1, 0.15) is 16.4 Å². The predicted octanol–water partition coefficient (Wildman–Crippen LogP) is 4.51. The first kappa shape index (κ1) is 16.8. The van der Waals surface area contributed by atoms with Crippen LogP contribution in [0.5, 0.6) is 0 Å². The molecule has 0 atom stereocenters. The molecule has 0 saturated carbocycles. The summed E-state index contributed by atoms with van der Waals surface area (Å²) < 4.78 is 5.74. The van der Waals surface area contributed by atoms with Crippen molar-refractivity contribution in [2.75, 3.05) is 0 Å². The molecule has 0 unspecified atom stereocenters. The molecule has 0 amide bonds. The summed E-state index contributed by atoms with van der Waals surface area (Å²) in [6.07, 6.45) is 0. The highest BCUT2D eigenvalue weighted by Gasteiger charge is 2.20. The van der Waals surface area contributed by atoms with Crippen LogP contribution >= 0.6 is 0 Å². The van der Waals surface area contributed by atoms with Crippen LogP contribution < -0.4 is 0 Å². The number of nitrogens with zero attached hydrogens (tertiary/aromatic N) is 3. The van der Waals surface area contributed by atoms with E-state index in [1.807, 2.05) is 36.4 Å². The van der Waals surface area contributed by atoms with E-state index in [0.717, 1.165) is 16.2 Å². The topological polar surface area (TPSA) is 115 Å². The standard InChI is InChI=1S/C21H12N4O4/c26-19(18-11-16-15-4-2-1-3-12(15)7-10-17(16)29-18)21-22-20(23-24-21)13-5-8-14(9-6-13)25(27)28/h1-11H,(H,22,23,24). The van der Waals surface area contributed by atoms with Crippen LogP contribution in [0.3, 0.4) is 0 Å². The first-order valence-corrected chi connectivity index (χ1v) is 8.73. The number of H-pyrrole nitrogens is 1. The number of benzene rings is 3. The van der Waals surface area contributed by atoms with Crippen LogP contribution in [0.25, 0.3) is 33.1 Å². The molecule has 0 aliphatic heterocycles. The number of ketones is 1. The van der Waals surface area contributed by atoms with E-state index in [4.69, 9.17) is 4.42 Å². The number of fused-ring (bicyclic) bond motifs is 3. The fourth-order valence-electron chi connectivity index (χ4n) is 3.25. The van der Waals surface area contributed by atoms with Gasteiger partial charge in [-0.15, -0.1) is 0 Å². The van der Waals surface area contributed by atoms with Gasteiger partial charge in [0.2, 0.25) is 5.82 Å². The maximum Gasteiger partial charge on any atom is 0.269 e. The number of rotatable bonds is 4. The van der Waals surface area contributed by atoms with E-state index in [1.54, 1.807) is 6.07 Å². The van der Waals surface area contributed by atoms with Crippen LogP contribution in [0, 0.1) is 10.1 Å². The molecule has 140 valence electrons. The van der Waals surface area contributed by atoms with Gasteiger partial charge >= 0.3 is 0 Å². The average Bonchev–Trinajstić information content (AvgIpc) is 3.41. The van der Waals surface area contributed by atoms with Crippen LogP contribution in [-0.2, 0) is 0 Å². The zero-order chi connectivity index (χ0) is 20.0. The normalized spacial score (nSPS) is 11.2. The zero-order valence-corrected chi connectivity index (χ0v) is 14.8. The minimum absolute atomic E-state index is 0.0294. The molecule has 5 rings (SSSR count). The van der Waals surface area contributed by atoms with Gasteiger partial charge in [-0.25, -0.2) is 4.98 Å². The van der Waals surface area contributed by atoms with Crippen molar-refractivity contribution in [3.63, 3.8) is 0 Å². The molecule has 29 heavy (non-hydrogen) atoms. The molecule has 0 fully saturated rings. The number of hydrogen-bond donors (Lipinski definition) is 1. The van der Waals surface area contributed by atoms with Crippen molar-refractivity contribution in [3.8, 4) is 11.4 Å². The fraction of sp³-hybridized carbons (Fsp3) is 0. The lowest BCUT2D eigenvalue weighted by Gasteiger charge is -1.96. The molecule has 0 bridgehead atoms. The Kier molecular flexibility index (Phi) is 3.70. The number of aromatic nitrogens is 3. The Morgan fingerprint density at radius 1 is 1.00 bits per heavy atom. The molecule has 8 nitrogen and oxygen atoms in total. The monoisotopic (exact) mass is 384 g/mol. The zero-order valence-electron chi connectivity index (χ0n) is 14.8. The van der Waals surface area contributed by atoms with E-state index < -0.39 is 10.7 Å². The Morgan fingerprint density at radius 3 is 2.59 bits per heavy atom.